The van der Waals surface area contributed by atoms with Gasteiger partial charge in [-0.15, -0.1) is 0 Å². The molecule has 0 saturated heterocycles. The van der Waals surface area contributed by atoms with E-state index in [-0.39, 0.29) is 5.54 Å². The van der Waals surface area contributed by atoms with E-state index < -0.39 is 0 Å². The molecule has 0 saturated carbocycles. The Labute approximate surface area is 119 Å². The van der Waals surface area contributed by atoms with E-state index in [1.54, 1.807) is 0 Å². The lowest BCUT2D eigenvalue weighted by atomic mass is 9.82. The van der Waals surface area contributed by atoms with E-state index in [1.165, 1.54) is 23.1 Å². The summed E-state index contributed by atoms with van der Waals surface area (Å²) < 4.78 is 0. The van der Waals surface area contributed by atoms with Gasteiger partial charge in [-0.3, -0.25) is 0 Å². The van der Waals surface area contributed by atoms with Crippen molar-refractivity contribution >= 4 is 0 Å². The molecule has 0 bridgehead atoms. The fourth-order valence-corrected chi connectivity index (χ4v) is 2.33. The number of hydrogen-bond donors (Lipinski definition) is 1. The lowest BCUT2D eigenvalue weighted by Crippen LogP contribution is -2.38. The van der Waals surface area contributed by atoms with Crippen molar-refractivity contribution in [2.45, 2.75) is 66.8 Å². The summed E-state index contributed by atoms with van der Waals surface area (Å²) in [4.78, 5) is 0. The molecule has 0 atom stereocenters. The first kappa shape index (κ1) is 16.2. The van der Waals surface area contributed by atoms with Crippen LogP contribution in [0.4, 0.5) is 0 Å². The van der Waals surface area contributed by atoms with Crippen LogP contribution in [0.2, 0.25) is 0 Å². The third-order valence-electron chi connectivity index (χ3n) is 3.71. The third-order valence-corrected chi connectivity index (χ3v) is 3.71. The van der Waals surface area contributed by atoms with Gasteiger partial charge in [0.1, 0.15) is 0 Å². The summed E-state index contributed by atoms with van der Waals surface area (Å²) >= 11 is 0. The van der Waals surface area contributed by atoms with Gasteiger partial charge in [0.05, 0.1) is 0 Å². The van der Waals surface area contributed by atoms with Crippen molar-refractivity contribution in [3.05, 3.63) is 34.9 Å². The maximum Gasteiger partial charge on any atom is 0.00965 e. The van der Waals surface area contributed by atoms with Gasteiger partial charge in [-0.25, -0.2) is 0 Å². The second kappa shape index (κ2) is 6.09. The highest BCUT2D eigenvalue weighted by molar-refractivity contribution is 5.30. The van der Waals surface area contributed by atoms with E-state index in [9.17, 15) is 0 Å². The Morgan fingerprint density at radius 2 is 1.58 bits per heavy atom. The quantitative estimate of drug-likeness (QED) is 0.813. The molecule has 1 aromatic rings. The summed E-state index contributed by atoms with van der Waals surface area (Å²) in [5, 5.41) is 3.58. The van der Waals surface area contributed by atoms with Crippen molar-refractivity contribution in [3.63, 3.8) is 0 Å². The van der Waals surface area contributed by atoms with Gasteiger partial charge in [-0.05, 0) is 76.1 Å². The predicted octanol–water partition coefficient (Wildman–Crippen LogP) is 4.65. The molecule has 1 heteroatoms. The molecule has 0 unspecified atom stereocenters. The van der Waals surface area contributed by atoms with E-state index in [0.717, 1.165) is 13.0 Å². The van der Waals surface area contributed by atoms with Gasteiger partial charge in [0.25, 0.3) is 0 Å². The molecule has 19 heavy (non-hydrogen) atoms. The van der Waals surface area contributed by atoms with Crippen LogP contribution in [-0.4, -0.2) is 12.1 Å². The van der Waals surface area contributed by atoms with Gasteiger partial charge in [-0.1, -0.05) is 32.0 Å². The molecule has 0 spiro atoms. The van der Waals surface area contributed by atoms with Crippen LogP contribution in [0, 0.1) is 19.3 Å². The molecule has 0 aromatic heterocycles. The van der Waals surface area contributed by atoms with Crippen molar-refractivity contribution in [2.75, 3.05) is 6.54 Å². The number of rotatable bonds is 5. The maximum absolute atomic E-state index is 3.58. The molecule has 1 aromatic carbocycles. The van der Waals surface area contributed by atoms with Crippen LogP contribution in [0.15, 0.2) is 18.2 Å². The second-order valence-corrected chi connectivity index (χ2v) is 7.69. The summed E-state index contributed by atoms with van der Waals surface area (Å²) in [7, 11) is 0. The van der Waals surface area contributed by atoms with E-state index in [4.69, 9.17) is 0 Å². The number of benzene rings is 1. The topological polar surface area (TPSA) is 12.0 Å². The van der Waals surface area contributed by atoms with Crippen molar-refractivity contribution in [3.8, 4) is 0 Å². The van der Waals surface area contributed by atoms with Crippen molar-refractivity contribution in [2.24, 2.45) is 5.41 Å². The van der Waals surface area contributed by atoms with Gasteiger partial charge >= 0.3 is 0 Å². The highest BCUT2D eigenvalue weighted by Gasteiger charge is 2.19. The molecule has 1 rings (SSSR count). The zero-order chi connectivity index (χ0) is 14.7. The molecule has 1 N–H and O–H groups in total. The summed E-state index contributed by atoms with van der Waals surface area (Å²) in [6.45, 7) is 16.9. The minimum atomic E-state index is 0.219. The van der Waals surface area contributed by atoms with Crippen LogP contribution >= 0.6 is 0 Å². The predicted molar refractivity (Wildman–Crippen MR) is 85.8 cm³/mol. The zero-order valence-electron chi connectivity index (χ0n) is 13.9. The SMILES string of the molecule is Cc1ccc(CC(C)(C)CCNC(C)(C)C)cc1C. The average Bonchev–Trinajstić information content (AvgIpc) is 2.20. The monoisotopic (exact) mass is 261 g/mol. The van der Waals surface area contributed by atoms with Crippen molar-refractivity contribution in [1.29, 1.82) is 0 Å². The Morgan fingerprint density at radius 3 is 2.11 bits per heavy atom. The number of nitrogens with one attached hydrogen (secondary N) is 1. The van der Waals surface area contributed by atoms with Crippen LogP contribution in [0.25, 0.3) is 0 Å². The standard InChI is InChI=1S/C18H31N/c1-14-8-9-16(12-15(14)2)13-18(6,7)10-11-19-17(3,4)5/h8-9,12,19H,10-11,13H2,1-7H3. The largest absolute Gasteiger partial charge is 0.312 e. The summed E-state index contributed by atoms with van der Waals surface area (Å²) in [5.41, 5.74) is 4.82. The molecule has 0 aliphatic rings. The fraction of sp³-hybridized carbons (Fsp3) is 0.667. The van der Waals surface area contributed by atoms with Gasteiger partial charge in [-0.2, -0.15) is 0 Å². The van der Waals surface area contributed by atoms with Crippen molar-refractivity contribution < 1.29 is 0 Å². The van der Waals surface area contributed by atoms with E-state index >= 15 is 0 Å². The first-order chi connectivity index (χ1) is 8.59. The molecule has 108 valence electrons. The van der Waals surface area contributed by atoms with Crippen molar-refractivity contribution in [1.82, 2.24) is 5.32 Å². The zero-order valence-corrected chi connectivity index (χ0v) is 13.9. The average molecular weight is 261 g/mol. The first-order valence-corrected chi connectivity index (χ1v) is 7.40. The smallest absolute Gasteiger partial charge is 0.00965 e. The van der Waals surface area contributed by atoms with Crippen LogP contribution in [0.1, 0.15) is 57.7 Å². The lowest BCUT2D eigenvalue weighted by molar-refractivity contribution is 0.302. The van der Waals surface area contributed by atoms with E-state index in [1.807, 2.05) is 0 Å². The molecule has 0 amide bonds. The molecule has 0 heterocycles. The highest BCUT2D eigenvalue weighted by atomic mass is 14.9. The summed E-state index contributed by atoms with van der Waals surface area (Å²) in [6.07, 6.45) is 2.36. The van der Waals surface area contributed by atoms with Crippen LogP contribution in [-0.2, 0) is 6.42 Å². The molecular weight excluding hydrogens is 230 g/mol. The molecule has 0 fully saturated rings. The highest BCUT2D eigenvalue weighted by Crippen LogP contribution is 2.26. The molecular formula is C18H31N. The lowest BCUT2D eigenvalue weighted by Gasteiger charge is -2.28. The Balaban J connectivity index is 2.56. The maximum atomic E-state index is 3.58. The summed E-state index contributed by atoms with van der Waals surface area (Å²) in [5.74, 6) is 0. The van der Waals surface area contributed by atoms with Gasteiger partial charge < -0.3 is 5.32 Å². The fourth-order valence-electron chi connectivity index (χ4n) is 2.33. The normalized spacial score (nSPS) is 12.8. The van der Waals surface area contributed by atoms with Crippen LogP contribution in [0.3, 0.4) is 0 Å². The Hall–Kier alpha value is -0.820. The third kappa shape index (κ3) is 6.24. The minimum absolute atomic E-state index is 0.219. The van der Waals surface area contributed by atoms with Gasteiger partial charge in [0.15, 0.2) is 0 Å². The minimum Gasteiger partial charge on any atom is -0.312 e. The number of aryl methyl sites for hydroxylation is 2. The Kier molecular flexibility index (Phi) is 5.20. The first-order valence-electron chi connectivity index (χ1n) is 7.40. The van der Waals surface area contributed by atoms with Gasteiger partial charge in [0.2, 0.25) is 0 Å². The molecule has 0 radical (unpaired) electrons. The van der Waals surface area contributed by atoms with Crippen LogP contribution in [0.5, 0.6) is 0 Å². The molecule has 0 aliphatic carbocycles. The van der Waals surface area contributed by atoms with Gasteiger partial charge in [0, 0.05) is 5.54 Å². The van der Waals surface area contributed by atoms with E-state index in [0.29, 0.717) is 5.41 Å². The Morgan fingerprint density at radius 1 is 0.947 bits per heavy atom. The Bertz CT molecular complexity index is 410. The van der Waals surface area contributed by atoms with E-state index in [2.05, 4.69) is 72.0 Å². The second-order valence-electron chi connectivity index (χ2n) is 7.69. The number of hydrogen-bond acceptors (Lipinski definition) is 1. The molecule has 1 nitrogen and oxygen atoms in total. The summed E-state index contributed by atoms with van der Waals surface area (Å²) in [6, 6.07) is 6.86. The molecule has 0 aliphatic heterocycles. The van der Waals surface area contributed by atoms with Crippen LogP contribution < -0.4 is 5.32 Å².